The van der Waals surface area contributed by atoms with Gasteiger partial charge in [0.1, 0.15) is 17.8 Å². The zero-order chi connectivity index (χ0) is 30.7. The van der Waals surface area contributed by atoms with E-state index in [-0.39, 0.29) is 24.3 Å². The van der Waals surface area contributed by atoms with Crippen LogP contribution < -0.4 is 14.8 Å². The Morgan fingerprint density at radius 1 is 1.02 bits per heavy atom. The highest BCUT2D eigenvalue weighted by Crippen LogP contribution is 2.31. The van der Waals surface area contributed by atoms with Gasteiger partial charge >= 0.3 is 15.6 Å². The molecule has 42 heavy (non-hydrogen) atoms. The van der Waals surface area contributed by atoms with Crippen LogP contribution in [0.4, 0.5) is 13.2 Å². The van der Waals surface area contributed by atoms with Crippen LogP contribution in [0.25, 0.3) is 0 Å². The number of nitrogens with one attached hydrogen (secondary N) is 2. The number of rotatable bonds is 9. The van der Waals surface area contributed by atoms with Crippen molar-refractivity contribution in [1.29, 1.82) is 0 Å². The van der Waals surface area contributed by atoms with E-state index in [1.807, 2.05) is 18.2 Å². The summed E-state index contributed by atoms with van der Waals surface area (Å²) in [6, 6.07) is 10.7. The van der Waals surface area contributed by atoms with Crippen molar-refractivity contribution in [2.45, 2.75) is 76.0 Å². The molecule has 0 radical (unpaired) electrons. The summed E-state index contributed by atoms with van der Waals surface area (Å²) in [5.41, 5.74) is -2.88. The number of benzene rings is 2. The Hall–Kier alpha value is -3.61. The van der Waals surface area contributed by atoms with Gasteiger partial charge in [-0.3, -0.25) is 14.4 Å². The van der Waals surface area contributed by atoms with Gasteiger partial charge in [0.2, 0.25) is 17.7 Å². The molecule has 2 aliphatic rings. The Morgan fingerprint density at radius 2 is 1.71 bits per heavy atom. The monoisotopic (exact) mass is 609 g/mol. The van der Waals surface area contributed by atoms with Crippen LogP contribution in [0.5, 0.6) is 5.75 Å². The second-order valence-corrected chi connectivity index (χ2v) is 12.4. The zero-order valence-electron chi connectivity index (χ0n) is 23.3. The molecule has 0 saturated carbocycles. The molecule has 3 amide bonds. The van der Waals surface area contributed by atoms with Gasteiger partial charge in [-0.2, -0.15) is 21.6 Å². The topological polar surface area (TPSA) is 122 Å². The van der Waals surface area contributed by atoms with Crippen LogP contribution in [0.2, 0.25) is 0 Å². The number of likely N-dealkylation sites (tertiary alicyclic amines) is 1. The van der Waals surface area contributed by atoms with Gasteiger partial charge in [0.15, 0.2) is 0 Å². The molecule has 1 saturated heterocycles. The third-order valence-corrected chi connectivity index (χ3v) is 8.49. The van der Waals surface area contributed by atoms with Crippen molar-refractivity contribution in [2.75, 3.05) is 6.54 Å². The van der Waals surface area contributed by atoms with E-state index < -0.39 is 45.3 Å². The molecule has 228 valence electrons. The number of hydrogen-bond donors (Lipinski definition) is 2. The Kier molecular flexibility index (Phi) is 9.49. The van der Waals surface area contributed by atoms with E-state index in [4.69, 9.17) is 0 Å². The minimum atomic E-state index is -5.83. The smallest absolute Gasteiger partial charge is 0.376 e. The maximum atomic E-state index is 13.8. The molecule has 2 aromatic rings. The average molecular weight is 610 g/mol. The summed E-state index contributed by atoms with van der Waals surface area (Å²) in [7, 11) is -5.83. The molecular formula is C29H34F3N3O6S. The fraction of sp³-hybridized carbons (Fsp3) is 0.483. The number of hydrogen-bond acceptors (Lipinski definition) is 6. The predicted octanol–water partition coefficient (Wildman–Crippen LogP) is 3.78. The molecule has 1 fully saturated rings. The number of aryl methyl sites for hydroxylation is 1. The molecule has 1 aliphatic carbocycles. The summed E-state index contributed by atoms with van der Waals surface area (Å²) < 4.78 is 64.7. The van der Waals surface area contributed by atoms with Crippen molar-refractivity contribution < 1.29 is 40.2 Å². The van der Waals surface area contributed by atoms with Crippen LogP contribution in [-0.2, 0) is 37.3 Å². The molecule has 0 spiro atoms. The van der Waals surface area contributed by atoms with Crippen molar-refractivity contribution in [3.63, 3.8) is 0 Å². The zero-order valence-corrected chi connectivity index (χ0v) is 24.1. The highest BCUT2D eigenvalue weighted by molar-refractivity contribution is 7.88. The maximum absolute atomic E-state index is 13.8. The first-order chi connectivity index (χ1) is 19.8. The lowest BCUT2D eigenvalue weighted by Gasteiger charge is -2.32. The third-order valence-electron chi connectivity index (χ3n) is 7.52. The molecule has 1 heterocycles. The number of nitrogens with zero attached hydrogens (tertiary/aromatic N) is 1. The summed E-state index contributed by atoms with van der Waals surface area (Å²) in [6.45, 7) is 3.66. The number of amides is 3. The first kappa shape index (κ1) is 31.3. The first-order valence-electron chi connectivity index (χ1n) is 13.9. The molecule has 2 aromatic carbocycles. The molecule has 4 rings (SSSR count). The molecule has 0 unspecified atom stereocenters. The van der Waals surface area contributed by atoms with Crippen LogP contribution in [-0.4, -0.2) is 55.2 Å². The highest BCUT2D eigenvalue weighted by Gasteiger charge is 2.48. The quantitative estimate of drug-likeness (QED) is 0.330. The van der Waals surface area contributed by atoms with Gasteiger partial charge < -0.3 is 19.7 Å². The van der Waals surface area contributed by atoms with Gasteiger partial charge in [-0.1, -0.05) is 50.2 Å². The van der Waals surface area contributed by atoms with Gasteiger partial charge in [-0.15, -0.1) is 0 Å². The second kappa shape index (κ2) is 12.7. The Bertz CT molecular complexity index is 1410. The Labute approximate surface area is 242 Å². The van der Waals surface area contributed by atoms with E-state index >= 15 is 0 Å². The SMILES string of the molecule is CC(C)C(=O)N[C@@H](Cc1ccc(OS(=O)(=O)C(F)(F)F)cc1)C(=O)N1CCC[C@H]1C(=O)N[C@@H]1CCCc2ccccc21. The van der Waals surface area contributed by atoms with E-state index in [0.29, 0.717) is 24.9 Å². The van der Waals surface area contributed by atoms with Crippen LogP contribution >= 0.6 is 0 Å². The van der Waals surface area contributed by atoms with E-state index in [1.165, 1.54) is 22.6 Å². The average Bonchev–Trinajstić information content (AvgIpc) is 3.43. The first-order valence-corrected chi connectivity index (χ1v) is 15.3. The molecular weight excluding hydrogens is 575 g/mol. The van der Waals surface area contributed by atoms with Gasteiger partial charge in [-0.25, -0.2) is 0 Å². The van der Waals surface area contributed by atoms with E-state index in [2.05, 4.69) is 20.9 Å². The number of halogens is 3. The molecule has 2 N–H and O–H groups in total. The van der Waals surface area contributed by atoms with Crippen LogP contribution in [0.3, 0.4) is 0 Å². The van der Waals surface area contributed by atoms with Gasteiger partial charge in [0.25, 0.3) is 0 Å². The van der Waals surface area contributed by atoms with E-state index in [9.17, 15) is 36.0 Å². The Morgan fingerprint density at radius 3 is 2.38 bits per heavy atom. The summed E-state index contributed by atoms with van der Waals surface area (Å²) in [6.07, 6.45) is 3.71. The summed E-state index contributed by atoms with van der Waals surface area (Å²) >= 11 is 0. The van der Waals surface area contributed by atoms with Crippen molar-refractivity contribution >= 4 is 27.8 Å². The second-order valence-electron chi connectivity index (χ2n) is 10.9. The molecule has 1 aliphatic heterocycles. The molecule has 0 aromatic heterocycles. The van der Waals surface area contributed by atoms with Gasteiger partial charge in [0.05, 0.1) is 6.04 Å². The van der Waals surface area contributed by atoms with Crippen molar-refractivity contribution in [3.05, 3.63) is 65.2 Å². The molecule has 0 bridgehead atoms. The van der Waals surface area contributed by atoms with Crippen LogP contribution in [0.1, 0.15) is 62.3 Å². The largest absolute Gasteiger partial charge is 0.534 e. The van der Waals surface area contributed by atoms with E-state index in [0.717, 1.165) is 37.0 Å². The van der Waals surface area contributed by atoms with Gasteiger partial charge in [-0.05, 0) is 60.9 Å². The standard InChI is InChI=1S/C29H34F3N3O6S/c1-18(2)26(36)34-24(17-19-12-14-21(15-13-19)41-42(39,40)29(30,31)32)28(38)35-16-6-11-25(35)27(37)33-23-10-5-8-20-7-3-4-9-22(20)23/h3-4,7,9,12-15,18,23-25H,5-6,8,10-11,16-17H2,1-2H3,(H,33,37)(H,34,36)/t23-,24+,25+/m1/s1. The third kappa shape index (κ3) is 7.23. The molecule has 13 heteroatoms. The lowest BCUT2D eigenvalue weighted by Crippen LogP contribution is -2.55. The van der Waals surface area contributed by atoms with Crippen molar-refractivity contribution in [2.24, 2.45) is 5.92 Å². The normalized spacial score (nSPS) is 19.6. The predicted molar refractivity (Wildman–Crippen MR) is 148 cm³/mol. The number of carbonyl (C=O) groups is 3. The van der Waals surface area contributed by atoms with Gasteiger partial charge in [0, 0.05) is 18.9 Å². The van der Waals surface area contributed by atoms with Crippen LogP contribution in [0, 0.1) is 5.92 Å². The van der Waals surface area contributed by atoms with Crippen molar-refractivity contribution in [3.8, 4) is 5.75 Å². The highest BCUT2D eigenvalue weighted by atomic mass is 32.2. The minimum Gasteiger partial charge on any atom is -0.376 e. The number of carbonyl (C=O) groups excluding carboxylic acids is 3. The summed E-state index contributed by atoms with van der Waals surface area (Å²) in [5.74, 6) is -2.09. The summed E-state index contributed by atoms with van der Waals surface area (Å²) in [4.78, 5) is 41.3. The Balaban J connectivity index is 1.49. The van der Waals surface area contributed by atoms with Crippen LogP contribution in [0.15, 0.2) is 48.5 Å². The number of fused-ring (bicyclic) bond motifs is 1. The summed E-state index contributed by atoms with van der Waals surface area (Å²) in [5, 5.41) is 5.85. The minimum absolute atomic E-state index is 0.0373. The maximum Gasteiger partial charge on any atom is 0.534 e. The lowest BCUT2D eigenvalue weighted by molar-refractivity contribution is -0.142. The van der Waals surface area contributed by atoms with E-state index in [1.54, 1.807) is 13.8 Å². The molecule has 3 atom stereocenters. The lowest BCUT2D eigenvalue weighted by atomic mass is 9.87. The fourth-order valence-electron chi connectivity index (χ4n) is 5.30. The molecule has 9 nitrogen and oxygen atoms in total. The fourth-order valence-corrected chi connectivity index (χ4v) is 5.76. The van der Waals surface area contributed by atoms with Crippen molar-refractivity contribution in [1.82, 2.24) is 15.5 Å². The number of alkyl halides is 3.